The Morgan fingerprint density at radius 3 is 2.63 bits per heavy atom. The van der Waals surface area contributed by atoms with Crippen LogP contribution in [0.15, 0.2) is 0 Å². The first-order valence-electron chi connectivity index (χ1n) is 6.95. The molecule has 0 aliphatic carbocycles. The van der Waals surface area contributed by atoms with Crippen molar-refractivity contribution in [2.24, 2.45) is 0 Å². The number of aliphatic carboxylic acids is 1. The van der Waals surface area contributed by atoms with Gasteiger partial charge in [0.25, 0.3) is 0 Å². The number of nitrogens with one attached hydrogen (secondary N) is 1. The van der Waals surface area contributed by atoms with Crippen molar-refractivity contribution in [1.29, 1.82) is 0 Å². The quantitative estimate of drug-likeness (QED) is 0.781. The van der Waals surface area contributed by atoms with E-state index >= 15 is 0 Å². The molecule has 0 spiro atoms. The first-order chi connectivity index (χ1) is 8.93. The van der Waals surface area contributed by atoms with Gasteiger partial charge in [-0.1, -0.05) is 6.92 Å². The Morgan fingerprint density at radius 2 is 2.11 bits per heavy atom. The fraction of sp³-hybridized carbons (Fsp3) is 0.846. The number of carboxylic acid groups (broad SMARTS) is 1. The van der Waals surface area contributed by atoms with Gasteiger partial charge in [-0.25, -0.2) is 4.79 Å². The van der Waals surface area contributed by atoms with E-state index in [9.17, 15) is 9.59 Å². The number of likely N-dealkylation sites (N-methyl/N-ethyl adjacent to an activating group) is 1. The van der Waals surface area contributed by atoms with E-state index in [1.807, 2.05) is 11.8 Å². The van der Waals surface area contributed by atoms with Crippen LogP contribution < -0.4 is 5.32 Å². The highest BCUT2D eigenvalue weighted by Crippen LogP contribution is 2.09. The van der Waals surface area contributed by atoms with Gasteiger partial charge >= 0.3 is 12.0 Å². The summed E-state index contributed by atoms with van der Waals surface area (Å²) < 4.78 is 0. The van der Waals surface area contributed by atoms with Crippen LogP contribution in [0.3, 0.4) is 0 Å². The summed E-state index contributed by atoms with van der Waals surface area (Å²) in [5.41, 5.74) is 0. The van der Waals surface area contributed by atoms with E-state index in [-0.39, 0.29) is 18.5 Å². The summed E-state index contributed by atoms with van der Waals surface area (Å²) in [6.45, 7) is 9.45. The standard InChI is InChI=1S/C13H25N3O3/c1-4-15-7-8-16(9-11(15)3)13(19)14-10(2)5-6-12(17)18/h10-11H,4-9H2,1-3H3,(H,14,19)(H,17,18). The van der Waals surface area contributed by atoms with Crippen molar-refractivity contribution in [1.82, 2.24) is 15.1 Å². The zero-order valence-electron chi connectivity index (χ0n) is 12.1. The number of carboxylic acids is 1. The number of hydrogen-bond donors (Lipinski definition) is 2. The average molecular weight is 271 g/mol. The zero-order valence-corrected chi connectivity index (χ0v) is 12.1. The minimum Gasteiger partial charge on any atom is -0.481 e. The Balaban J connectivity index is 2.35. The van der Waals surface area contributed by atoms with Crippen LogP contribution in [0.2, 0.25) is 0 Å². The normalized spacial score (nSPS) is 22.1. The first-order valence-corrected chi connectivity index (χ1v) is 6.95. The lowest BCUT2D eigenvalue weighted by atomic mass is 10.2. The van der Waals surface area contributed by atoms with E-state index in [1.165, 1.54) is 0 Å². The van der Waals surface area contributed by atoms with Gasteiger partial charge in [0.05, 0.1) is 0 Å². The van der Waals surface area contributed by atoms with E-state index < -0.39 is 5.97 Å². The minimum absolute atomic E-state index is 0.0829. The Labute approximate surface area is 114 Å². The molecular weight excluding hydrogens is 246 g/mol. The third-order valence-electron chi connectivity index (χ3n) is 3.62. The summed E-state index contributed by atoms with van der Waals surface area (Å²) in [7, 11) is 0. The van der Waals surface area contributed by atoms with Gasteiger partial charge in [-0.05, 0) is 26.8 Å². The molecule has 0 radical (unpaired) electrons. The highest BCUT2D eigenvalue weighted by atomic mass is 16.4. The first kappa shape index (κ1) is 15.8. The highest BCUT2D eigenvalue weighted by Gasteiger charge is 2.26. The van der Waals surface area contributed by atoms with Crippen molar-refractivity contribution < 1.29 is 14.7 Å². The van der Waals surface area contributed by atoms with Crippen LogP contribution >= 0.6 is 0 Å². The van der Waals surface area contributed by atoms with Crippen LogP contribution in [0, 0.1) is 0 Å². The average Bonchev–Trinajstić information content (AvgIpc) is 2.36. The predicted molar refractivity (Wildman–Crippen MR) is 73.1 cm³/mol. The number of carbonyl (C=O) groups is 2. The fourth-order valence-corrected chi connectivity index (χ4v) is 2.36. The molecule has 2 N–H and O–H groups in total. The Morgan fingerprint density at radius 1 is 1.42 bits per heavy atom. The second-order valence-corrected chi connectivity index (χ2v) is 5.21. The predicted octanol–water partition coefficient (Wildman–Crippen LogP) is 0.975. The van der Waals surface area contributed by atoms with Crippen molar-refractivity contribution in [3.63, 3.8) is 0 Å². The molecule has 110 valence electrons. The molecule has 0 aromatic carbocycles. The van der Waals surface area contributed by atoms with Gasteiger partial charge in [-0.15, -0.1) is 0 Å². The number of hydrogen-bond acceptors (Lipinski definition) is 3. The van der Waals surface area contributed by atoms with E-state index in [0.29, 0.717) is 12.5 Å². The van der Waals surface area contributed by atoms with Gasteiger partial charge in [0.15, 0.2) is 0 Å². The molecule has 1 rings (SSSR count). The molecule has 0 aromatic heterocycles. The SMILES string of the molecule is CCN1CCN(C(=O)NC(C)CCC(=O)O)CC1C. The maximum absolute atomic E-state index is 12.0. The maximum atomic E-state index is 12.0. The summed E-state index contributed by atoms with van der Waals surface area (Å²) in [4.78, 5) is 26.7. The minimum atomic E-state index is -0.828. The summed E-state index contributed by atoms with van der Waals surface area (Å²) in [6.07, 6.45) is 0.549. The van der Waals surface area contributed by atoms with Crippen molar-refractivity contribution in [2.45, 2.75) is 45.7 Å². The van der Waals surface area contributed by atoms with Crippen molar-refractivity contribution in [2.75, 3.05) is 26.2 Å². The molecule has 1 fully saturated rings. The van der Waals surface area contributed by atoms with Crippen LogP contribution in [0.5, 0.6) is 0 Å². The van der Waals surface area contributed by atoms with Crippen molar-refractivity contribution >= 4 is 12.0 Å². The Hall–Kier alpha value is -1.30. The van der Waals surface area contributed by atoms with Gasteiger partial charge in [0.2, 0.25) is 0 Å². The molecule has 1 saturated heterocycles. The molecule has 6 heteroatoms. The lowest BCUT2D eigenvalue weighted by molar-refractivity contribution is -0.137. The molecule has 1 aliphatic heterocycles. The molecule has 2 amide bonds. The van der Waals surface area contributed by atoms with Gasteiger partial charge < -0.3 is 15.3 Å². The molecule has 1 heterocycles. The van der Waals surface area contributed by atoms with Crippen molar-refractivity contribution in [3.8, 4) is 0 Å². The number of carbonyl (C=O) groups excluding carboxylic acids is 1. The molecular formula is C13H25N3O3. The van der Waals surface area contributed by atoms with E-state index in [2.05, 4.69) is 24.1 Å². The molecule has 2 atom stereocenters. The lowest BCUT2D eigenvalue weighted by Crippen LogP contribution is -2.56. The van der Waals surface area contributed by atoms with Crippen LogP contribution in [0.4, 0.5) is 4.79 Å². The Bertz CT molecular complexity index is 322. The molecule has 19 heavy (non-hydrogen) atoms. The Kier molecular flexibility index (Phi) is 6.08. The number of urea groups is 1. The van der Waals surface area contributed by atoms with Crippen LogP contribution in [0.1, 0.15) is 33.6 Å². The van der Waals surface area contributed by atoms with Gasteiger partial charge in [-0.3, -0.25) is 9.69 Å². The second kappa shape index (κ2) is 7.33. The third-order valence-corrected chi connectivity index (χ3v) is 3.62. The van der Waals surface area contributed by atoms with E-state index in [4.69, 9.17) is 5.11 Å². The van der Waals surface area contributed by atoms with Crippen molar-refractivity contribution in [3.05, 3.63) is 0 Å². The highest BCUT2D eigenvalue weighted by molar-refractivity contribution is 5.74. The number of rotatable bonds is 5. The van der Waals surface area contributed by atoms with Gasteiger partial charge in [0.1, 0.15) is 0 Å². The molecule has 2 unspecified atom stereocenters. The molecule has 6 nitrogen and oxygen atoms in total. The largest absolute Gasteiger partial charge is 0.481 e. The maximum Gasteiger partial charge on any atom is 0.317 e. The molecule has 0 aromatic rings. The van der Waals surface area contributed by atoms with E-state index in [1.54, 1.807) is 0 Å². The monoisotopic (exact) mass is 271 g/mol. The van der Waals surface area contributed by atoms with E-state index in [0.717, 1.165) is 26.2 Å². The van der Waals surface area contributed by atoms with Gasteiger partial charge in [-0.2, -0.15) is 0 Å². The number of amides is 2. The summed E-state index contributed by atoms with van der Waals surface area (Å²) >= 11 is 0. The molecule has 0 saturated carbocycles. The lowest BCUT2D eigenvalue weighted by Gasteiger charge is -2.39. The van der Waals surface area contributed by atoms with Crippen LogP contribution in [-0.4, -0.2) is 65.2 Å². The topological polar surface area (TPSA) is 72.9 Å². The van der Waals surface area contributed by atoms with Gasteiger partial charge in [0, 0.05) is 38.1 Å². The molecule has 1 aliphatic rings. The van der Waals surface area contributed by atoms with Crippen LogP contribution in [0.25, 0.3) is 0 Å². The number of nitrogens with zero attached hydrogens (tertiary/aromatic N) is 2. The smallest absolute Gasteiger partial charge is 0.317 e. The van der Waals surface area contributed by atoms with Crippen LogP contribution in [-0.2, 0) is 4.79 Å². The second-order valence-electron chi connectivity index (χ2n) is 5.21. The fourth-order valence-electron chi connectivity index (χ4n) is 2.36. The third kappa shape index (κ3) is 5.06. The summed E-state index contributed by atoms with van der Waals surface area (Å²) in [5.74, 6) is -0.828. The summed E-state index contributed by atoms with van der Waals surface area (Å²) in [5, 5.41) is 11.5. The summed E-state index contributed by atoms with van der Waals surface area (Å²) in [6, 6.07) is 0.183. The zero-order chi connectivity index (χ0) is 14.4. The number of piperazine rings is 1. The molecule has 0 bridgehead atoms.